The third-order valence-corrected chi connectivity index (χ3v) is 3.15. The summed E-state index contributed by atoms with van der Waals surface area (Å²) in [6, 6.07) is 5.26. The molecule has 0 aliphatic carbocycles. The van der Waals surface area contributed by atoms with Gasteiger partial charge in [0.05, 0.1) is 0 Å². The molecule has 1 aromatic carbocycles. The number of nitrogens with one attached hydrogen (secondary N) is 2. The predicted octanol–water partition coefficient (Wildman–Crippen LogP) is 1.18. The molecule has 0 unspecified atom stereocenters. The van der Waals surface area contributed by atoms with Crippen LogP contribution in [-0.2, 0) is 0 Å². The van der Waals surface area contributed by atoms with E-state index in [-0.39, 0.29) is 17.7 Å². The second kappa shape index (κ2) is 5.19. The van der Waals surface area contributed by atoms with Gasteiger partial charge in [0.1, 0.15) is 5.75 Å². The first-order valence-electron chi connectivity index (χ1n) is 5.98. The first-order chi connectivity index (χ1) is 8.16. The number of carbonyl (C=O) groups excluding carboxylic acids is 1. The van der Waals surface area contributed by atoms with Crippen molar-refractivity contribution in [1.29, 1.82) is 0 Å². The minimum Gasteiger partial charge on any atom is -0.508 e. The molecule has 0 spiro atoms. The van der Waals surface area contributed by atoms with Crippen LogP contribution in [0, 0.1) is 6.92 Å². The number of hydrogen-bond donors (Lipinski definition) is 3. The maximum Gasteiger partial charge on any atom is 0.251 e. The number of rotatable bonds is 2. The van der Waals surface area contributed by atoms with E-state index in [2.05, 4.69) is 10.6 Å². The highest BCUT2D eigenvalue weighted by molar-refractivity contribution is 5.94. The van der Waals surface area contributed by atoms with Crippen molar-refractivity contribution in [3.63, 3.8) is 0 Å². The molecule has 1 heterocycles. The topological polar surface area (TPSA) is 61.4 Å². The van der Waals surface area contributed by atoms with E-state index >= 15 is 0 Å². The van der Waals surface area contributed by atoms with Gasteiger partial charge in [-0.05, 0) is 50.6 Å². The molecule has 1 aliphatic heterocycles. The van der Waals surface area contributed by atoms with Gasteiger partial charge in [0.15, 0.2) is 0 Å². The molecule has 2 rings (SSSR count). The number of hydrogen-bond acceptors (Lipinski definition) is 3. The Balaban J connectivity index is 2.01. The van der Waals surface area contributed by atoms with Crippen molar-refractivity contribution in [2.45, 2.75) is 25.8 Å². The lowest BCUT2D eigenvalue weighted by molar-refractivity contribution is 0.0929. The summed E-state index contributed by atoms with van der Waals surface area (Å²) < 4.78 is 0. The Hall–Kier alpha value is -1.55. The summed E-state index contributed by atoms with van der Waals surface area (Å²) >= 11 is 0. The van der Waals surface area contributed by atoms with Crippen LogP contribution in [0.2, 0.25) is 0 Å². The smallest absolute Gasteiger partial charge is 0.251 e. The van der Waals surface area contributed by atoms with Gasteiger partial charge in [-0.2, -0.15) is 0 Å². The summed E-state index contributed by atoms with van der Waals surface area (Å²) in [7, 11) is 0. The fourth-order valence-electron chi connectivity index (χ4n) is 1.99. The maximum absolute atomic E-state index is 11.9. The van der Waals surface area contributed by atoms with Crippen LogP contribution in [0.1, 0.15) is 28.8 Å². The summed E-state index contributed by atoms with van der Waals surface area (Å²) in [6.07, 6.45) is 1.92. The number of benzene rings is 1. The van der Waals surface area contributed by atoms with E-state index in [0.717, 1.165) is 31.5 Å². The highest BCUT2D eigenvalue weighted by Gasteiger charge is 2.16. The Kier molecular flexibility index (Phi) is 3.64. The average Bonchev–Trinajstić information content (AvgIpc) is 2.34. The van der Waals surface area contributed by atoms with Crippen LogP contribution in [0.15, 0.2) is 18.2 Å². The molecule has 0 bridgehead atoms. The van der Waals surface area contributed by atoms with Crippen LogP contribution in [0.4, 0.5) is 0 Å². The van der Waals surface area contributed by atoms with E-state index in [1.54, 1.807) is 12.1 Å². The largest absolute Gasteiger partial charge is 0.508 e. The number of piperidine rings is 1. The monoisotopic (exact) mass is 234 g/mol. The van der Waals surface area contributed by atoms with Gasteiger partial charge in [0.2, 0.25) is 0 Å². The molecular formula is C13H18N2O2. The van der Waals surface area contributed by atoms with Crippen molar-refractivity contribution < 1.29 is 9.90 Å². The molecule has 0 aromatic heterocycles. The van der Waals surface area contributed by atoms with Gasteiger partial charge < -0.3 is 15.7 Å². The zero-order valence-electron chi connectivity index (χ0n) is 9.99. The lowest BCUT2D eigenvalue weighted by atomic mass is 10.1. The van der Waals surface area contributed by atoms with Crippen LogP contribution in [0.25, 0.3) is 0 Å². The lowest BCUT2D eigenvalue weighted by Gasteiger charge is -2.23. The van der Waals surface area contributed by atoms with E-state index in [1.807, 2.05) is 6.92 Å². The van der Waals surface area contributed by atoms with Crippen LogP contribution >= 0.6 is 0 Å². The molecule has 1 aromatic rings. The Morgan fingerprint density at radius 2 is 2.12 bits per heavy atom. The Bertz CT molecular complexity index is 412. The zero-order chi connectivity index (χ0) is 12.3. The summed E-state index contributed by atoms with van der Waals surface area (Å²) in [6.45, 7) is 3.71. The standard InChI is InChI=1S/C13H18N2O2/c1-9-2-3-10(8-12(9)16)13(17)15-11-4-6-14-7-5-11/h2-3,8,11,14,16H,4-7H2,1H3,(H,15,17). The van der Waals surface area contributed by atoms with E-state index in [4.69, 9.17) is 0 Å². The van der Waals surface area contributed by atoms with Gasteiger partial charge in [-0.1, -0.05) is 6.07 Å². The Morgan fingerprint density at radius 3 is 2.76 bits per heavy atom. The number of aryl methyl sites for hydroxylation is 1. The molecule has 0 radical (unpaired) electrons. The number of amides is 1. The van der Waals surface area contributed by atoms with Crippen molar-refractivity contribution in [2.24, 2.45) is 0 Å². The van der Waals surface area contributed by atoms with Crippen LogP contribution < -0.4 is 10.6 Å². The molecule has 4 nitrogen and oxygen atoms in total. The molecule has 1 fully saturated rings. The van der Waals surface area contributed by atoms with Crippen LogP contribution in [-0.4, -0.2) is 30.1 Å². The molecule has 17 heavy (non-hydrogen) atoms. The molecule has 1 amide bonds. The second-order valence-corrected chi connectivity index (χ2v) is 4.50. The minimum atomic E-state index is -0.104. The molecule has 4 heteroatoms. The van der Waals surface area contributed by atoms with Gasteiger partial charge in [0.25, 0.3) is 5.91 Å². The van der Waals surface area contributed by atoms with Crippen molar-refractivity contribution in [3.05, 3.63) is 29.3 Å². The zero-order valence-corrected chi connectivity index (χ0v) is 9.99. The minimum absolute atomic E-state index is 0.104. The Labute approximate surface area is 101 Å². The molecule has 1 saturated heterocycles. The van der Waals surface area contributed by atoms with Gasteiger partial charge in [-0.3, -0.25) is 4.79 Å². The summed E-state index contributed by atoms with van der Waals surface area (Å²) in [5, 5.41) is 15.8. The Morgan fingerprint density at radius 1 is 1.41 bits per heavy atom. The van der Waals surface area contributed by atoms with Gasteiger partial charge >= 0.3 is 0 Å². The maximum atomic E-state index is 11.9. The molecule has 92 valence electrons. The van der Waals surface area contributed by atoms with E-state index in [1.165, 1.54) is 6.07 Å². The van der Waals surface area contributed by atoms with Gasteiger partial charge in [-0.25, -0.2) is 0 Å². The molecular weight excluding hydrogens is 216 g/mol. The molecule has 0 atom stereocenters. The van der Waals surface area contributed by atoms with E-state index in [9.17, 15) is 9.90 Å². The predicted molar refractivity (Wildman–Crippen MR) is 66.2 cm³/mol. The highest BCUT2D eigenvalue weighted by atomic mass is 16.3. The first-order valence-corrected chi connectivity index (χ1v) is 5.98. The van der Waals surface area contributed by atoms with Crippen molar-refractivity contribution in [2.75, 3.05) is 13.1 Å². The summed E-state index contributed by atoms with van der Waals surface area (Å²) in [5.41, 5.74) is 1.30. The second-order valence-electron chi connectivity index (χ2n) is 4.50. The quantitative estimate of drug-likeness (QED) is 0.720. The van der Waals surface area contributed by atoms with Crippen molar-refractivity contribution in [3.8, 4) is 5.75 Å². The van der Waals surface area contributed by atoms with Gasteiger partial charge in [0, 0.05) is 11.6 Å². The van der Waals surface area contributed by atoms with E-state index in [0.29, 0.717) is 5.56 Å². The van der Waals surface area contributed by atoms with Crippen molar-refractivity contribution >= 4 is 5.91 Å². The SMILES string of the molecule is Cc1ccc(C(=O)NC2CCNCC2)cc1O. The number of phenols is 1. The molecule has 1 aliphatic rings. The van der Waals surface area contributed by atoms with Crippen LogP contribution in [0.5, 0.6) is 5.75 Å². The van der Waals surface area contributed by atoms with Crippen LogP contribution in [0.3, 0.4) is 0 Å². The fraction of sp³-hybridized carbons (Fsp3) is 0.462. The molecule has 0 saturated carbocycles. The molecule has 3 N–H and O–H groups in total. The van der Waals surface area contributed by atoms with Crippen molar-refractivity contribution in [1.82, 2.24) is 10.6 Å². The first kappa shape index (κ1) is 11.9. The normalized spacial score (nSPS) is 16.8. The number of aromatic hydroxyl groups is 1. The highest BCUT2D eigenvalue weighted by Crippen LogP contribution is 2.17. The van der Waals surface area contributed by atoms with E-state index < -0.39 is 0 Å². The van der Waals surface area contributed by atoms with Gasteiger partial charge in [-0.15, -0.1) is 0 Å². The number of phenolic OH excluding ortho intramolecular Hbond substituents is 1. The average molecular weight is 234 g/mol. The third kappa shape index (κ3) is 2.97. The summed E-state index contributed by atoms with van der Waals surface area (Å²) in [4.78, 5) is 11.9. The summed E-state index contributed by atoms with van der Waals surface area (Å²) in [5.74, 6) is 0.0650. The third-order valence-electron chi connectivity index (χ3n) is 3.15. The lowest BCUT2D eigenvalue weighted by Crippen LogP contribution is -2.42. The fourth-order valence-corrected chi connectivity index (χ4v) is 1.99. The number of carbonyl (C=O) groups is 1.